The SMILES string of the molecule is O=C(O)CCC1CCC(C2CNC(=O)N2CCC2CCNCC2)CC1. The Bertz CT molecular complexity index is 457. The standard InChI is InChI=1S/C19H33N3O3/c23-18(24)6-3-14-1-4-16(5-2-14)17-13-21-19(25)22(17)12-9-15-7-10-20-11-8-15/h14-17,20H,1-13H2,(H,21,25)(H,23,24). The zero-order chi connectivity index (χ0) is 17.6. The Hall–Kier alpha value is -1.30. The lowest BCUT2D eigenvalue weighted by Gasteiger charge is -2.36. The number of nitrogens with one attached hydrogen (secondary N) is 2. The Morgan fingerprint density at radius 1 is 1.04 bits per heavy atom. The van der Waals surface area contributed by atoms with Crippen molar-refractivity contribution in [1.29, 1.82) is 0 Å². The van der Waals surface area contributed by atoms with Gasteiger partial charge in [0.1, 0.15) is 0 Å². The fourth-order valence-electron chi connectivity index (χ4n) is 4.92. The van der Waals surface area contributed by atoms with Crippen LogP contribution in [0.5, 0.6) is 0 Å². The minimum absolute atomic E-state index is 0.118. The number of carboxylic acid groups (broad SMARTS) is 1. The lowest BCUT2D eigenvalue weighted by atomic mass is 9.76. The molecule has 3 N–H and O–H groups in total. The maximum atomic E-state index is 12.3. The summed E-state index contributed by atoms with van der Waals surface area (Å²) < 4.78 is 0. The largest absolute Gasteiger partial charge is 0.481 e. The number of aliphatic carboxylic acids is 1. The summed E-state index contributed by atoms with van der Waals surface area (Å²) in [4.78, 5) is 25.1. The van der Waals surface area contributed by atoms with Crippen molar-refractivity contribution in [3.05, 3.63) is 0 Å². The lowest BCUT2D eigenvalue weighted by molar-refractivity contribution is -0.137. The first-order chi connectivity index (χ1) is 12.1. The number of piperidine rings is 1. The number of carbonyl (C=O) groups excluding carboxylic acids is 1. The van der Waals surface area contributed by atoms with Crippen LogP contribution in [-0.2, 0) is 4.79 Å². The first-order valence-corrected chi connectivity index (χ1v) is 10.1. The highest BCUT2D eigenvalue weighted by molar-refractivity contribution is 5.76. The third-order valence-corrected chi connectivity index (χ3v) is 6.56. The first-order valence-electron chi connectivity index (χ1n) is 10.1. The predicted octanol–water partition coefficient (Wildman–Crippen LogP) is 2.44. The fourth-order valence-corrected chi connectivity index (χ4v) is 4.92. The molecule has 0 radical (unpaired) electrons. The van der Waals surface area contributed by atoms with E-state index in [0.717, 1.165) is 70.6 Å². The second kappa shape index (κ2) is 8.88. The van der Waals surface area contributed by atoms with Gasteiger partial charge in [-0.1, -0.05) is 12.8 Å². The molecule has 2 saturated heterocycles. The molecule has 0 aromatic heterocycles. The van der Waals surface area contributed by atoms with Crippen LogP contribution in [0.3, 0.4) is 0 Å². The smallest absolute Gasteiger partial charge is 0.317 e. The summed E-state index contributed by atoms with van der Waals surface area (Å²) >= 11 is 0. The predicted molar refractivity (Wildman–Crippen MR) is 96.4 cm³/mol. The van der Waals surface area contributed by atoms with Gasteiger partial charge in [0.25, 0.3) is 0 Å². The summed E-state index contributed by atoms with van der Waals surface area (Å²) in [6.45, 7) is 3.90. The molecule has 2 aliphatic heterocycles. The minimum atomic E-state index is -0.684. The van der Waals surface area contributed by atoms with Crippen molar-refractivity contribution in [3.8, 4) is 0 Å². The number of carboxylic acids is 1. The number of hydrogen-bond donors (Lipinski definition) is 3. The number of hydrogen-bond acceptors (Lipinski definition) is 3. The molecule has 0 aromatic rings. The molecule has 1 unspecified atom stereocenters. The van der Waals surface area contributed by atoms with Crippen LogP contribution in [0.2, 0.25) is 0 Å². The highest BCUT2D eigenvalue weighted by Gasteiger charge is 2.38. The van der Waals surface area contributed by atoms with Crippen molar-refractivity contribution < 1.29 is 14.7 Å². The molecular formula is C19H33N3O3. The van der Waals surface area contributed by atoms with E-state index in [2.05, 4.69) is 15.5 Å². The summed E-state index contributed by atoms with van der Waals surface area (Å²) in [5.74, 6) is 1.20. The molecule has 3 aliphatic rings. The van der Waals surface area contributed by atoms with Gasteiger partial charge in [0.2, 0.25) is 0 Å². The average molecular weight is 351 g/mol. The Labute approximate surface area is 150 Å². The van der Waals surface area contributed by atoms with Crippen LogP contribution in [0.15, 0.2) is 0 Å². The van der Waals surface area contributed by atoms with Gasteiger partial charge in [-0.3, -0.25) is 4.79 Å². The third kappa shape index (κ3) is 5.09. The molecule has 142 valence electrons. The summed E-state index contributed by atoms with van der Waals surface area (Å²) in [5.41, 5.74) is 0. The van der Waals surface area contributed by atoms with E-state index in [4.69, 9.17) is 5.11 Å². The van der Waals surface area contributed by atoms with E-state index in [1.54, 1.807) is 0 Å². The van der Waals surface area contributed by atoms with Gasteiger partial charge in [0.05, 0.1) is 6.04 Å². The van der Waals surface area contributed by atoms with Gasteiger partial charge in [-0.25, -0.2) is 4.79 Å². The molecule has 3 fully saturated rings. The zero-order valence-electron chi connectivity index (χ0n) is 15.2. The van der Waals surface area contributed by atoms with Crippen LogP contribution >= 0.6 is 0 Å². The van der Waals surface area contributed by atoms with Crippen molar-refractivity contribution in [3.63, 3.8) is 0 Å². The van der Waals surface area contributed by atoms with Crippen LogP contribution in [0.25, 0.3) is 0 Å². The Morgan fingerprint density at radius 3 is 2.40 bits per heavy atom. The fraction of sp³-hybridized carbons (Fsp3) is 0.895. The van der Waals surface area contributed by atoms with Crippen LogP contribution in [-0.4, -0.2) is 54.2 Å². The molecule has 1 aliphatic carbocycles. The van der Waals surface area contributed by atoms with E-state index in [9.17, 15) is 9.59 Å². The van der Waals surface area contributed by atoms with E-state index < -0.39 is 5.97 Å². The third-order valence-electron chi connectivity index (χ3n) is 6.56. The number of nitrogens with zero attached hydrogens (tertiary/aromatic N) is 1. The van der Waals surface area contributed by atoms with Crippen LogP contribution < -0.4 is 10.6 Å². The summed E-state index contributed by atoms with van der Waals surface area (Å²) in [6.07, 6.45) is 9.19. The Morgan fingerprint density at radius 2 is 1.72 bits per heavy atom. The molecule has 2 amide bonds. The second-order valence-corrected chi connectivity index (χ2v) is 8.14. The molecule has 25 heavy (non-hydrogen) atoms. The van der Waals surface area contributed by atoms with E-state index in [1.807, 2.05) is 0 Å². The lowest BCUT2D eigenvalue weighted by Crippen LogP contribution is -2.42. The van der Waals surface area contributed by atoms with Crippen LogP contribution in [0, 0.1) is 17.8 Å². The normalized spacial score (nSPS) is 31.1. The number of carbonyl (C=O) groups is 2. The van der Waals surface area contributed by atoms with Crippen LogP contribution in [0.4, 0.5) is 4.79 Å². The maximum absolute atomic E-state index is 12.3. The van der Waals surface area contributed by atoms with E-state index in [1.165, 1.54) is 12.8 Å². The van der Waals surface area contributed by atoms with Crippen molar-refractivity contribution in [2.75, 3.05) is 26.2 Å². The van der Waals surface area contributed by atoms with Gasteiger partial charge in [-0.05, 0) is 69.4 Å². The highest BCUT2D eigenvalue weighted by Crippen LogP contribution is 2.36. The first kappa shape index (κ1) is 18.5. The van der Waals surface area contributed by atoms with Crippen molar-refractivity contribution >= 4 is 12.0 Å². The summed E-state index contributed by atoms with van der Waals surface area (Å²) in [5, 5.41) is 15.3. The van der Waals surface area contributed by atoms with Gasteiger partial charge in [-0.15, -0.1) is 0 Å². The maximum Gasteiger partial charge on any atom is 0.317 e. The number of amides is 2. The Balaban J connectivity index is 1.45. The molecule has 0 spiro atoms. The van der Waals surface area contributed by atoms with Crippen molar-refractivity contribution in [2.24, 2.45) is 17.8 Å². The molecule has 0 bridgehead atoms. The second-order valence-electron chi connectivity index (χ2n) is 8.14. The van der Waals surface area contributed by atoms with Gasteiger partial charge in [0, 0.05) is 19.5 Å². The van der Waals surface area contributed by atoms with Crippen molar-refractivity contribution in [2.45, 2.75) is 63.8 Å². The van der Waals surface area contributed by atoms with Crippen LogP contribution in [0.1, 0.15) is 57.8 Å². The highest BCUT2D eigenvalue weighted by atomic mass is 16.4. The molecule has 3 rings (SSSR count). The van der Waals surface area contributed by atoms with Gasteiger partial charge >= 0.3 is 12.0 Å². The molecule has 0 aromatic carbocycles. The average Bonchev–Trinajstić information content (AvgIpc) is 3.00. The topological polar surface area (TPSA) is 81.7 Å². The van der Waals surface area contributed by atoms with E-state index in [0.29, 0.717) is 24.3 Å². The number of rotatable bonds is 7. The quantitative estimate of drug-likeness (QED) is 0.658. The van der Waals surface area contributed by atoms with Gasteiger partial charge < -0.3 is 20.6 Å². The van der Waals surface area contributed by atoms with Gasteiger partial charge in [-0.2, -0.15) is 0 Å². The van der Waals surface area contributed by atoms with Crippen molar-refractivity contribution in [1.82, 2.24) is 15.5 Å². The molecule has 6 heteroatoms. The Kier molecular flexibility index (Phi) is 6.57. The van der Waals surface area contributed by atoms with E-state index in [-0.39, 0.29) is 6.03 Å². The monoisotopic (exact) mass is 351 g/mol. The molecule has 1 saturated carbocycles. The minimum Gasteiger partial charge on any atom is -0.481 e. The van der Waals surface area contributed by atoms with Gasteiger partial charge in [0.15, 0.2) is 0 Å². The molecule has 6 nitrogen and oxygen atoms in total. The number of urea groups is 1. The zero-order valence-corrected chi connectivity index (χ0v) is 15.2. The molecule has 2 heterocycles. The molecule has 1 atom stereocenters. The molecular weight excluding hydrogens is 318 g/mol. The summed E-state index contributed by atoms with van der Waals surface area (Å²) in [6, 6.07) is 0.460. The van der Waals surface area contributed by atoms with E-state index >= 15 is 0 Å². The summed E-state index contributed by atoms with van der Waals surface area (Å²) in [7, 11) is 0.